The molecule has 0 saturated heterocycles. The third-order valence-electron chi connectivity index (χ3n) is 2.81. The van der Waals surface area contributed by atoms with Gasteiger partial charge in [0.05, 0.1) is 6.26 Å². The molecule has 3 nitrogen and oxygen atoms in total. The molecule has 2 N–H and O–H groups in total. The van der Waals surface area contributed by atoms with Crippen molar-refractivity contribution in [1.29, 1.82) is 0 Å². The van der Waals surface area contributed by atoms with Crippen LogP contribution in [0.4, 0.5) is 0 Å². The summed E-state index contributed by atoms with van der Waals surface area (Å²) in [6.45, 7) is 2.86. The third kappa shape index (κ3) is 3.11. The summed E-state index contributed by atoms with van der Waals surface area (Å²) >= 11 is 0. The van der Waals surface area contributed by atoms with Crippen molar-refractivity contribution in [2.24, 2.45) is 0 Å². The summed E-state index contributed by atoms with van der Waals surface area (Å²) in [5, 5.41) is 13.1. The number of para-hydroxylation sites is 1. The number of furan rings is 1. The van der Waals surface area contributed by atoms with Crippen molar-refractivity contribution < 1.29 is 9.52 Å². The van der Waals surface area contributed by atoms with Gasteiger partial charge in [-0.15, -0.1) is 0 Å². The highest BCUT2D eigenvalue weighted by molar-refractivity contribution is 5.34. The highest BCUT2D eigenvalue weighted by Gasteiger charge is 2.08. The SMILES string of the molecule is CC(NCCc1ccco1)c1ccccc1O. The molecule has 1 heterocycles. The first-order valence-electron chi connectivity index (χ1n) is 5.81. The standard InChI is InChI=1S/C14H17NO2/c1-11(13-6-2-3-7-14(13)16)15-9-8-12-5-4-10-17-12/h2-7,10-11,15-16H,8-9H2,1H3. The van der Waals surface area contributed by atoms with Crippen LogP contribution >= 0.6 is 0 Å². The van der Waals surface area contributed by atoms with E-state index in [1.165, 1.54) is 0 Å². The van der Waals surface area contributed by atoms with Crippen molar-refractivity contribution in [2.75, 3.05) is 6.54 Å². The molecule has 17 heavy (non-hydrogen) atoms. The molecule has 3 heteroatoms. The highest BCUT2D eigenvalue weighted by atomic mass is 16.3. The Balaban J connectivity index is 1.85. The van der Waals surface area contributed by atoms with Crippen LogP contribution in [0.1, 0.15) is 24.3 Å². The van der Waals surface area contributed by atoms with Crippen LogP contribution in [-0.2, 0) is 6.42 Å². The van der Waals surface area contributed by atoms with E-state index in [0.717, 1.165) is 24.3 Å². The van der Waals surface area contributed by atoms with E-state index in [2.05, 4.69) is 5.32 Å². The first kappa shape index (κ1) is 11.7. The molecule has 1 aromatic heterocycles. The Morgan fingerprint density at radius 3 is 2.76 bits per heavy atom. The second kappa shape index (κ2) is 5.55. The fourth-order valence-corrected chi connectivity index (χ4v) is 1.83. The van der Waals surface area contributed by atoms with Crippen molar-refractivity contribution >= 4 is 0 Å². The molecular weight excluding hydrogens is 214 g/mol. The summed E-state index contributed by atoms with van der Waals surface area (Å²) in [5.74, 6) is 1.31. The van der Waals surface area contributed by atoms with Crippen LogP contribution < -0.4 is 5.32 Å². The van der Waals surface area contributed by atoms with Crippen LogP contribution in [0.25, 0.3) is 0 Å². The van der Waals surface area contributed by atoms with Gasteiger partial charge in [-0.05, 0) is 25.1 Å². The zero-order chi connectivity index (χ0) is 12.1. The number of benzene rings is 1. The summed E-state index contributed by atoms with van der Waals surface area (Å²) in [6, 6.07) is 11.4. The molecule has 1 unspecified atom stereocenters. The average molecular weight is 231 g/mol. The van der Waals surface area contributed by atoms with Gasteiger partial charge >= 0.3 is 0 Å². The molecule has 0 aliphatic carbocycles. The molecule has 0 radical (unpaired) electrons. The minimum atomic E-state index is 0.131. The number of phenols is 1. The van der Waals surface area contributed by atoms with Crippen molar-refractivity contribution in [1.82, 2.24) is 5.32 Å². The maximum absolute atomic E-state index is 9.71. The number of aromatic hydroxyl groups is 1. The van der Waals surface area contributed by atoms with Gasteiger partial charge in [0.15, 0.2) is 0 Å². The Morgan fingerprint density at radius 1 is 1.24 bits per heavy atom. The second-order valence-corrected chi connectivity index (χ2v) is 4.06. The molecule has 0 fully saturated rings. The smallest absolute Gasteiger partial charge is 0.120 e. The van der Waals surface area contributed by atoms with Crippen molar-refractivity contribution in [2.45, 2.75) is 19.4 Å². The second-order valence-electron chi connectivity index (χ2n) is 4.06. The molecule has 0 bridgehead atoms. The van der Waals surface area contributed by atoms with E-state index in [1.54, 1.807) is 12.3 Å². The Morgan fingerprint density at radius 2 is 2.06 bits per heavy atom. The van der Waals surface area contributed by atoms with Crippen LogP contribution in [0.3, 0.4) is 0 Å². The van der Waals surface area contributed by atoms with Crippen molar-refractivity contribution in [3.8, 4) is 5.75 Å². The molecular formula is C14H17NO2. The minimum absolute atomic E-state index is 0.131. The van der Waals surface area contributed by atoms with Gasteiger partial charge in [0.2, 0.25) is 0 Å². The van der Waals surface area contributed by atoms with Gasteiger partial charge in [-0.25, -0.2) is 0 Å². The van der Waals surface area contributed by atoms with E-state index in [-0.39, 0.29) is 6.04 Å². The predicted molar refractivity (Wildman–Crippen MR) is 66.9 cm³/mol. The topological polar surface area (TPSA) is 45.4 Å². The van der Waals surface area contributed by atoms with Crippen LogP contribution in [-0.4, -0.2) is 11.7 Å². The van der Waals surface area contributed by atoms with Crippen LogP contribution in [0.15, 0.2) is 47.1 Å². The van der Waals surface area contributed by atoms with Crippen LogP contribution in [0, 0.1) is 0 Å². The zero-order valence-corrected chi connectivity index (χ0v) is 9.89. The monoisotopic (exact) mass is 231 g/mol. The third-order valence-corrected chi connectivity index (χ3v) is 2.81. The molecule has 2 aromatic rings. The van der Waals surface area contributed by atoms with E-state index < -0.39 is 0 Å². The number of phenolic OH excluding ortho intramolecular Hbond substituents is 1. The summed E-state index contributed by atoms with van der Waals surface area (Å²) < 4.78 is 5.26. The van der Waals surface area contributed by atoms with Gasteiger partial charge in [-0.2, -0.15) is 0 Å². The zero-order valence-electron chi connectivity index (χ0n) is 9.89. The molecule has 0 saturated carbocycles. The first-order valence-corrected chi connectivity index (χ1v) is 5.81. The molecule has 1 aromatic carbocycles. The minimum Gasteiger partial charge on any atom is -0.508 e. The lowest BCUT2D eigenvalue weighted by atomic mass is 10.1. The fraction of sp³-hybridized carbons (Fsp3) is 0.286. The summed E-state index contributed by atoms with van der Waals surface area (Å²) in [6.07, 6.45) is 2.53. The van der Waals surface area contributed by atoms with Crippen molar-refractivity contribution in [3.05, 3.63) is 54.0 Å². The van der Waals surface area contributed by atoms with Crippen LogP contribution in [0.5, 0.6) is 5.75 Å². The Hall–Kier alpha value is -1.74. The number of nitrogens with one attached hydrogen (secondary N) is 1. The number of hydrogen-bond acceptors (Lipinski definition) is 3. The molecule has 0 spiro atoms. The van der Waals surface area contributed by atoms with E-state index >= 15 is 0 Å². The number of hydrogen-bond donors (Lipinski definition) is 2. The normalized spacial score (nSPS) is 12.5. The quantitative estimate of drug-likeness (QED) is 0.831. The maximum Gasteiger partial charge on any atom is 0.120 e. The van der Waals surface area contributed by atoms with Crippen molar-refractivity contribution in [3.63, 3.8) is 0 Å². The van der Waals surface area contributed by atoms with E-state index in [4.69, 9.17) is 4.42 Å². The lowest BCUT2D eigenvalue weighted by Crippen LogP contribution is -2.21. The van der Waals surface area contributed by atoms with Gasteiger partial charge in [0, 0.05) is 24.6 Å². The fourth-order valence-electron chi connectivity index (χ4n) is 1.83. The summed E-state index contributed by atoms with van der Waals surface area (Å²) in [7, 11) is 0. The molecule has 1 atom stereocenters. The number of rotatable bonds is 5. The molecule has 0 aliphatic heterocycles. The highest BCUT2D eigenvalue weighted by Crippen LogP contribution is 2.22. The van der Waals surface area contributed by atoms with E-state index in [0.29, 0.717) is 5.75 Å². The first-order chi connectivity index (χ1) is 8.27. The maximum atomic E-state index is 9.71. The van der Waals surface area contributed by atoms with Gasteiger partial charge in [0.1, 0.15) is 11.5 Å². The predicted octanol–water partition coefficient (Wildman–Crippen LogP) is 2.88. The van der Waals surface area contributed by atoms with Crippen LogP contribution in [0.2, 0.25) is 0 Å². The largest absolute Gasteiger partial charge is 0.508 e. The Labute approximate surface area is 101 Å². The average Bonchev–Trinajstić information content (AvgIpc) is 2.82. The molecule has 90 valence electrons. The van der Waals surface area contributed by atoms with Gasteiger partial charge in [0.25, 0.3) is 0 Å². The van der Waals surface area contributed by atoms with Gasteiger partial charge < -0.3 is 14.8 Å². The summed E-state index contributed by atoms with van der Waals surface area (Å²) in [4.78, 5) is 0. The van der Waals surface area contributed by atoms with E-state index in [9.17, 15) is 5.11 Å². The molecule has 2 rings (SSSR count). The lowest BCUT2D eigenvalue weighted by Gasteiger charge is -2.14. The molecule has 0 aliphatic rings. The van der Waals surface area contributed by atoms with Gasteiger partial charge in [-0.1, -0.05) is 18.2 Å². The Bertz CT molecular complexity index is 451. The van der Waals surface area contributed by atoms with Gasteiger partial charge in [-0.3, -0.25) is 0 Å². The molecule has 0 amide bonds. The van der Waals surface area contributed by atoms with E-state index in [1.807, 2.05) is 37.3 Å². The Kier molecular flexibility index (Phi) is 3.83. The summed E-state index contributed by atoms with van der Waals surface area (Å²) in [5.41, 5.74) is 0.923. The lowest BCUT2D eigenvalue weighted by molar-refractivity contribution is 0.448.